The topological polar surface area (TPSA) is 59.8 Å². The molecule has 0 atom stereocenters. The van der Waals surface area contributed by atoms with Gasteiger partial charge in [-0.2, -0.15) is 5.10 Å². The van der Waals surface area contributed by atoms with Crippen LogP contribution in [0.15, 0.2) is 18.2 Å². The summed E-state index contributed by atoms with van der Waals surface area (Å²) in [5.74, 6) is -0.275. The number of aromatic nitrogens is 3. The van der Waals surface area contributed by atoms with Gasteiger partial charge in [-0.3, -0.25) is 9.48 Å². The molecule has 1 N–H and O–H groups in total. The molecule has 5 nitrogen and oxygen atoms in total. The van der Waals surface area contributed by atoms with E-state index in [1.807, 2.05) is 25.1 Å². The van der Waals surface area contributed by atoms with Crippen LogP contribution < -0.4 is 5.32 Å². The van der Waals surface area contributed by atoms with Crippen LogP contribution in [-0.2, 0) is 11.3 Å². The fourth-order valence-corrected chi connectivity index (χ4v) is 4.21. The highest BCUT2D eigenvalue weighted by atomic mass is 35.5. The van der Waals surface area contributed by atoms with Crippen LogP contribution in [0.5, 0.6) is 0 Å². The zero-order valence-electron chi connectivity index (χ0n) is 13.8. The zero-order valence-corrected chi connectivity index (χ0v) is 15.4. The minimum absolute atomic E-state index is 0.0224. The lowest BCUT2D eigenvalue weighted by Crippen LogP contribution is -2.20. The van der Waals surface area contributed by atoms with Crippen molar-refractivity contribution in [1.29, 1.82) is 0 Å². The SMILES string of the molecule is Cc1ccc2nc(NC(=O)Cn3nc(C(F)F)c(Cl)c3C3CC3)sc2c1. The number of alkyl halides is 2. The minimum Gasteiger partial charge on any atom is -0.300 e. The van der Waals surface area contributed by atoms with Crippen molar-refractivity contribution in [2.24, 2.45) is 0 Å². The third-order valence-corrected chi connectivity index (χ3v) is 5.53. The summed E-state index contributed by atoms with van der Waals surface area (Å²) in [6, 6.07) is 5.84. The first kappa shape index (κ1) is 17.4. The zero-order chi connectivity index (χ0) is 18.4. The maximum Gasteiger partial charge on any atom is 0.283 e. The van der Waals surface area contributed by atoms with Gasteiger partial charge in [0, 0.05) is 5.92 Å². The highest BCUT2D eigenvalue weighted by Gasteiger charge is 2.34. The number of hydrogen-bond acceptors (Lipinski definition) is 4. The third kappa shape index (κ3) is 3.31. The second-order valence-corrected chi connectivity index (χ2v) is 7.76. The molecule has 136 valence electrons. The first-order chi connectivity index (χ1) is 12.4. The molecule has 0 unspecified atom stereocenters. The van der Waals surface area contributed by atoms with E-state index in [0.29, 0.717) is 10.8 Å². The van der Waals surface area contributed by atoms with Crippen LogP contribution in [0.1, 0.15) is 42.1 Å². The van der Waals surface area contributed by atoms with E-state index in [0.717, 1.165) is 28.6 Å². The van der Waals surface area contributed by atoms with Crippen LogP contribution >= 0.6 is 22.9 Å². The number of nitrogens with zero attached hydrogens (tertiary/aromatic N) is 3. The molecular formula is C17H15ClF2N4OS. The Bertz CT molecular complexity index is 996. The lowest BCUT2D eigenvalue weighted by molar-refractivity contribution is -0.117. The Hall–Kier alpha value is -2.06. The van der Waals surface area contributed by atoms with Gasteiger partial charge >= 0.3 is 0 Å². The van der Waals surface area contributed by atoms with Crippen molar-refractivity contribution in [2.75, 3.05) is 5.32 Å². The van der Waals surface area contributed by atoms with E-state index in [4.69, 9.17) is 11.6 Å². The van der Waals surface area contributed by atoms with Crippen molar-refractivity contribution in [3.05, 3.63) is 40.2 Å². The molecule has 0 spiro atoms. The number of halogens is 3. The van der Waals surface area contributed by atoms with Crippen molar-refractivity contribution in [3.8, 4) is 0 Å². The average molecular weight is 397 g/mol. The number of anilines is 1. The number of amides is 1. The molecule has 26 heavy (non-hydrogen) atoms. The van der Waals surface area contributed by atoms with Crippen LogP contribution in [0.4, 0.5) is 13.9 Å². The molecule has 3 aromatic rings. The molecule has 1 aromatic carbocycles. The predicted molar refractivity (Wildman–Crippen MR) is 97.2 cm³/mol. The number of aryl methyl sites for hydroxylation is 1. The molecule has 2 heterocycles. The van der Waals surface area contributed by atoms with Crippen molar-refractivity contribution in [1.82, 2.24) is 14.8 Å². The van der Waals surface area contributed by atoms with Gasteiger partial charge in [0.15, 0.2) is 5.13 Å². The van der Waals surface area contributed by atoms with Gasteiger partial charge in [0.2, 0.25) is 5.91 Å². The molecule has 1 aliphatic carbocycles. The molecule has 4 rings (SSSR count). The van der Waals surface area contributed by atoms with E-state index in [9.17, 15) is 13.6 Å². The molecule has 1 aliphatic rings. The highest BCUT2D eigenvalue weighted by molar-refractivity contribution is 7.22. The quantitative estimate of drug-likeness (QED) is 0.666. The maximum absolute atomic E-state index is 13.1. The number of nitrogens with one attached hydrogen (secondary N) is 1. The van der Waals surface area contributed by atoms with Crippen molar-refractivity contribution < 1.29 is 13.6 Å². The molecule has 1 fully saturated rings. The van der Waals surface area contributed by atoms with E-state index in [2.05, 4.69) is 15.4 Å². The van der Waals surface area contributed by atoms with Gasteiger partial charge in [0.05, 0.1) is 20.9 Å². The average Bonchev–Trinajstić information content (AvgIpc) is 3.23. The Morgan fingerprint density at radius 2 is 2.23 bits per heavy atom. The lowest BCUT2D eigenvalue weighted by atomic mass is 10.2. The number of rotatable bonds is 5. The van der Waals surface area contributed by atoms with E-state index in [1.54, 1.807) is 0 Å². The Morgan fingerprint density at radius 3 is 2.92 bits per heavy atom. The summed E-state index contributed by atoms with van der Waals surface area (Å²) in [7, 11) is 0. The second kappa shape index (κ2) is 6.59. The van der Waals surface area contributed by atoms with Crippen LogP contribution in [0, 0.1) is 6.92 Å². The number of benzene rings is 1. The number of carbonyl (C=O) groups is 1. The standard InChI is InChI=1S/C17H15ClF2N4OS/c1-8-2-5-10-11(6-8)26-17(21-10)22-12(25)7-24-15(9-3-4-9)13(18)14(23-24)16(19)20/h2,5-6,9,16H,3-4,7H2,1H3,(H,21,22,25). The van der Waals surface area contributed by atoms with Gasteiger partial charge in [-0.05, 0) is 37.5 Å². The van der Waals surface area contributed by atoms with Crippen LogP contribution in [-0.4, -0.2) is 20.7 Å². The summed E-state index contributed by atoms with van der Waals surface area (Å²) in [6.45, 7) is 1.81. The summed E-state index contributed by atoms with van der Waals surface area (Å²) < 4.78 is 28.4. The van der Waals surface area contributed by atoms with Crippen LogP contribution in [0.3, 0.4) is 0 Å². The molecule has 2 aromatic heterocycles. The van der Waals surface area contributed by atoms with Crippen molar-refractivity contribution >= 4 is 44.2 Å². The molecular weight excluding hydrogens is 382 g/mol. The van der Waals surface area contributed by atoms with Crippen LogP contribution in [0.25, 0.3) is 10.2 Å². The summed E-state index contributed by atoms with van der Waals surface area (Å²) in [5, 5.41) is 7.03. The number of carbonyl (C=O) groups excluding carboxylic acids is 1. The Morgan fingerprint density at radius 1 is 1.46 bits per heavy atom. The normalized spacial score (nSPS) is 14.3. The first-order valence-electron chi connectivity index (χ1n) is 8.13. The number of hydrogen-bond donors (Lipinski definition) is 1. The third-order valence-electron chi connectivity index (χ3n) is 4.21. The predicted octanol–water partition coefficient (Wildman–Crippen LogP) is 4.91. The summed E-state index contributed by atoms with van der Waals surface area (Å²) in [6.07, 6.45) is -1.03. The number of fused-ring (bicyclic) bond motifs is 1. The summed E-state index contributed by atoms with van der Waals surface area (Å²) >= 11 is 7.43. The van der Waals surface area contributed by atoms with Crippen LogP contribution in [0.2, 0.25) is 5.02 Å². The van der Waals surface area contributed by atoms with E-state index >= 15 is 0 Å². The monoisotopic (exact) mass is 396 g/mol. The van der Waals surface area contributed by atoms with Gasteiger partial charge in [-0.25, -0.2) is 13.8 Å². The van der Waals surface area contributed by atoms with Gasteiger partial charge in [0.1, 0.15) is 12.2 Å². The lowest BCUT2D eigenvalue weighted by Gasteiger charge is -2.06. The summed E-state index contributed by atoms with van der Waals surface area (Å²) in [4.78, 5) is 16.7. The molecule has 1 saturated carbocycles. The first-order valence-corrected chi connectivity index (χ1v) is 9.33. The fourth-order valence-electron chi connectivity index (χ4n) is 2.86. The van der Waals surface area contributed by atoms with Crippen molar-refractivity contribution in [2.45, 2.75) is 38.7 Å². The molecule has 1 amide bonds. The number of thiazole rings is 1. The molecule has 0 bridgehead atoms. The van der Waals surface area contributed by atoms with Gasteiger partial charge in [0.25, 0.3) is 6.43 Å². The van der Waals surface area contributed by atoms with E-state index < -0.39 is 12.1 Å². The molecule has 0 radical (unpaired) electrons. The maximum atomic E-state index is 13.1. The second-order valence-electron chi connectivity index (χ2n) is 6.36. The highest BCUT2D eigenvalue weighted by Crippen LogP contribution is 2.45. The largest absolute Gasteiger partial charge is 0.300 e. The summed E-state index contributed by atoms with van der Waals surface area (Å²) in [5.41, 5.74) is 1.98. The van der Waals surface area contributed by atoms with Gasteiger partial charge in [-0.1, -0.05) is 29.0 Å². The van der Waals surface area contributed by atoms with Crippen molar-refractivity contribution in [3.63, 3.8) is 0 Å². The van der Waals surface area contributed by atoms with Gasteiger partial charge < -0.3 is 5.32 Å². The van der Waals surface area contributed by atoms with Gasteiger partial charge in [-0.15, -0.1) is 0 Å². The minimum atomic E-state index is -2.77. The molecule has 0 saturated heterocycles. The Labute approximate surface area is 157 Å². The van der Waals surface area contributed by atoms with E-state index in [-0.39, 0.29) is 23.4 Å². The molecule has 9 heteroatoms. The fraction of sp³-hybridized carbons (Fsp3) is 0.353. The molecule has 0 aliphatic heterocycles. The Balaban J connectivity index is 1.55. The smallest absolute Gasteiger partial charge is 0.283 e. The van der Waals surface area contributed by atoms with E-state index in [1.165, 1.54) is 16.0 Å². The Kier molecular flexibility index (Phi) is 4.40.